The Hall–Kier alpha value is -1.00. The summed E-state index contributed by atoms with van der Waals surface area (Å²) in [5, 5.41) is 16.3. The van der Waals surface area contributed by atoms with E-state index in [4.69, 9.17) is 30.3 Å². The number of nitrogens with two attached hydrogens (primary N) is 1. The fourth-order valence-electron chi connectivity index (χ4n) is 0.402. The second kappa shape index (κ2) is 8.59. The molecule has 0 aromatic heterocycles. The third-order valence-corrected chi connectivity index (χ3v) is 0.986. The van der Waals surface area contributed by atoms with Crippen LogP contribution in [0.25, 0.3) is 0 Å². The maximum atomic E-state index is 9.99. The van der Waals surface area contributed by atoms with Gasteiger partial charge in [-0.15, -0.1) is 0 Å². The summed E-state index contributed by atoms with van der Waals surface area (Å²) in [4.78, 5) is 41.8. The van der Waals surface area contributed by atoms with E-state index in [0.29, 0.717) is 0 Å². The van der Waals surface area contributed by atoms with E-state index >= 15 is 0 Å². The van der Waals surface area contributed by atoms with Gasteiger partial charge in [0.25, 0.3) is 0 Å². The predicted molar refractivity (Wildman–Crippen MR) is 46.3 cm³/mol. The monoisotopic (exact) mass is 227 g/mol. The minimum absolute atomic E-state index is 0.0231. The van der Waals surface area contributed by atoms with Crippen molar-refractivity contribution < 1.29 is 34.2 Å². The molecule has 0 aromatic carbocycles. The maximum absolute atomic E-state index is 9.99. The summed E-state index contributed by atoms with van der Waals surface area (Å²) in [5.74, 6) is -2.20. The number of aliphatic carboxylic acids is 2. The third-order valence-electron chi connectivity index (χ3n) is 0.986. The smallest absolute Gasteiger partial charge is 0.475 e. The molecule has 1 atom stereocenters. The molecular weight excluding hydrogens is 214 g/mol. The van der Waals surface area contributed by atoms with Gasteiger partial charge in [0.05, 0.1) is 0 Å². The van der Waals surface area contributed by atoms with Gasteiger partial charge in [-0.1, -0.05) is 0 Å². The zero-order valence-corrected chi connectivity index (χ0v) is 8.35. The first-order valence-corrected chi connectivity index (χ1v) is 5.06. The first kappa shape index (κ1) is 15.5. The van der Waals surface area contributed by atoms with E-state index < -0.39 is 27.5 Å². The molecule has 0 fully saturated rings. The average Bonchev–Trinajstić information content (AvgIpc) is 1.98. The van der Waals surface area contributed by atoms with Crippen LogP contribution in [0, 0.1) is 0 Å². The van der Waals surface area contributed by atoms with Crippen molar-refractivity contribution in [1.82, 2.24) is 0 Å². The van der Waals surface area contributed by atoms with Gasteiger partial charge in [-0.3, -0.25) is 9.59 Å². The molecule has 84 valence electrons. The Morgan fingerprint density at radius 3 is 1.79 bits per heavy atom. The van der Waals surface area contributed by atoms with Crippen LogP contribution in [0.4, 0.5) is 0 Å². The van der Waals surface area contributed by atoms with E-state index in [9.17, 15) is 9.59 Å². The normalized spacial score (nSPS) is 11.5. The standard InChI is InChI=1S/C5H9NO4.H4O3Si/c6-3(5(9)10)1-2-4(7)8;1-4(2)3/h3H,1-2,6H2,(H,7,8)(H,9,10);1-4H/t3-;/m0./s1. The Balaban J connectivity index is 0. The summed E-state index contributed by atoms with van der Waals surface area (Å²) in [7, 11) is -3.14. The molecule has 0 aliphatic carbocycles. The van der Waals surface area contributed by atoms with Crippen LogP contribution in [-0.2, 0) is 9.59 Å². The summed E-state index contributed by atoms with van der Waals surface area (Å²) in [6, 6.07) is -1.06. The summed E-state index contributed by atoms with van der Waals surface area (Å²) in [6.07, 6.45) is -0.224. The summed E-state index contributed by atoms with van der Waals surface area (Å²) in [6.45, 7) is 0. The van der Waals surface area contributed by atoms with Gasteiger partial charge >= 0.3 is 21.5 Å². The SMILES string of the molecule is N[C@@H](CCC(=O)O)C(=O)O.O[SiH](O)O. The van der Waals surface area contributed by atoms with Crippen molar-refractivity contribution in [3.8, 4) is 0 Å². The Morgan fingerprint density at radius 2 is 1.57 bits per heavy atom. The largest absolute Gasteiger partial charge is 0.481 e. The molecule has 9 heteroatoms. The molecule has 8 nitrogen and oxygen atoms in total. The highest BCUT2D eigenvalue weighted by Crippen LogP contribution is 1.93. The lowest BCUT2D eigenvalue weighted by molar-refractivity contribution is -0.139. The number of carboxylic acid groups (broad SMARTS) is 2. The molecule has 14 heavy (non-hydrogen) atoms. The Labute approximate surface area is 81.2 Å². The second-order valence-electron chi connectivity index (χ2n) is 2.22. The highest BCUT2D eigenvalue weighted by atomic mass is 28.3. The van der Waals surface area contributed by atoms with Crippen LogP contribution in [0.3, 0.4) is 0 Å². The van der Waals surface area contributed by atoms with Crippen molar-refractivity contribution in [3.05, 3.63) is 0 Å². The average molecular weight is 227 g/mol. The fourth-order valence-corrected chi connectivity index (χ4v) is 0.402. The highest BCUT2D eigenvalue weighted by Gasteiger charge is 2.12. The molecule has 0 heterocycles. The summed E-state index contributed by atoms with van der Waals surface area (Å²) in [5.41, 5.74) is 5.00. The molecule has 0 aliphatic heterocycles. The Kier molecular flexibility index (Phi) is 9.49. The number of carbonyl (C=O) groups is 2. The van der Waals surface area contributed by atoms with Gasteiger partial charge in [-0.25, -0.2) is 0 Å². The minimum Gasteiger partial charge on any atom is -0.481 e. The molecule has 0 saturated heterocycles. The van der Waals surface area contributed by atoms with Crippen molar-refractivity contribution in [2.24, 2.45) is 5.73 Å². The molecule has 0 amide bonds. The minimum atomic E-state index is -3.14. The zero-order valence-electron chi connectivity index (χ0n) is 7.20. The van der Waals surface area contributed by atoms with Gasteiger partial charge in [0.2, 0.25) is 0 Å². The van der Waals surface area contributed by atoms with Crippen molar-refractivity contribution in [1.29, 1.82) is 0 Å². The molecule has 0 spiro atoms. The maximum Gasteiger partial charge on any atom is 0.475 e. The quantitative estimate of drug-likeness (QED) is 0.276. The van der Waals surface area contributed by atoms with Crippen LogP contribution in [0.2, 0.25) is 0 Å². The molecule has 0 saturated carbocycles. The molecule has 0 aromatic rings. The zero-order chi connectivity index (χ0) is 11.7. The Morgan fingerprint density at radius 1 is 1.21 bits per heavy atom. The summed E-state index contributed by atoms with van der Waals surface area (Å²) >= 11 is 0. The third kappa shape index (κ3) is 17.2. The molecule has 0 aliphatic rings. The molecule has 0 rings (SSSR count). The van der Waals surface area contributed by atoms with E-state index in [-0.39, 0.29) is 12.8 Å². The highest BCUT2D eigenvalue weighted by molar-refractivity contribution is 6.30. The van der Waals surface area contributed by atoms with Gasteiger partial charge in [-0.2, -0.15) is 0 Å². The van der Waals surface area contributed by atoms with Crippen molar-refractivity contribution in [2.75, 3.05) is 0 Å². The van der Waals surface area contributed by atoms with E-state index in [0.717, 1.165) is 0 Å². The first-order chi connectivity index (χ1) is 6.27. The Bertz CT molecular complexity index is 182. The van der Waals surface area contributed by atoms with Crippen molar-refractivity contribution >= 4 is 21.5 Å². The number of hydrogen-bond donors (Lipinski definition) is 6. The van der Waals surface area contributed by atoms with Gasteiger partial charge in [0.15, 0.2) is 0 Å². The van der Waals surface area contributed by atoms with E-state index in [1.165, 1.54) is 0 Å². The van der Waals surface area contributed by atoms with Crippen LogP contribution in [0.1, 0.15) is 12.8 Å². The van der Waals surface area contributed by atoms with Crippen LogP contribution in [-0.4, -0.2) is 52.1 Å². The number of rotatable bonds is 4. The van der Waals surface area contributed by atoms with Crippen molar-refractivity contribution in [2.45, 2.75) is 18.9 Å². The van der Waals surface area contributed by atoms with Crippen LogP contribution in [0.15, 0.2) is 0 Å². The van der Waals surface area contributed by atoms with E-state index in [2.05, 4.69) is 0 Å². The second-order valence-corrected chi connectivity index (χ2v) is 2.92. The lowest BCUT2D eigenvalue weighted by atomic mass is 10.2. The lowest BCUT2D eigenvalue weighted by Crippen LogP contribution is -2.30. The molecular formula is C5H13NO7Si. The van der Waals surface area contributed by atoms with Gasteiger partial charge < -0.3 is 30.3 Å². The van der Waals surface area contributed by atoms with Gasteiger partial charge in [-0.05, 0) is 6.42 Å². The topological polar surface area (TPSA) is 161 Å². The number of carboxylic acids is 2. The first-order valence-electron chi connectivity index (χ1n) is 3.51. The lowest BCUT2D eigenvalue weighted by Gasteiger charge is -2.01. The van der Waals surface area contributed by atoms with E-state index in [1.807, 2.05) is 0 Å². The number of hydrogen-bond acceptors (Lipinski definition) is 6. The predicted octanol–water partition coefficient (Wildman–Crippen LogP) is -3.06. The van der Waals surface area contributed by atoms with Crippen LogP contribution < -0.4 is 5.73 Å². The van der Waals surface area contributed by atoms with Crippen LogP contribution >= 0.6 is 0 Å². The molecule has 0 bridgehead atoms. The van der Waals surface area contributed by atoms with Crippen molar-refractivity contribution in [3.63, 3.8) is 0 Å². The fraction of sp³-hybridized carbons (Fsp3) is 0.600. The van der Waals surface area contributed by atoms with Gasteiger partial charge in [0.1, 0.15) is 6.04 Å². The molecule has 0 unspecified atom stereocenters. The molecule has 7 N–H and O–H groups in total. The summed E-state index contributed by atoms with van der Waals surface area (Å²) < 4.78 is 0. The molecule has 0 radical (unpaired) electrons. The van der Waals surface area contributed by atoms with E-state index in [1.54, 1.807) is 0 Å². The van der Waals surface area contributed by atoms with Gasteiger partial charge in [0, 0.05) is 6.42 Å². The van der Waals surface area contributed by atoms with Crippen LogP contribution in [0.5, 0.6) is 0 Å².